The fourth-order valence-electron chi connectivity index (χ4n) is 7.07. The number of halogens is 2. The van der Waals surface area contributed by atoms with E-state index in [9.17, 15) is 0 Å². The van der Waals surface area contributed by atoms with E-state index in [1.807, 2.05) is 12.4 Å². The SMILES string of the molecule is Cc1cccc(N(Cc2cccc(-c3cc(C)c(C)c(C)c3)c2)C2CCN(Cc3cncc(-c4cc(C)c(C)c(C)c4)c3)CC2)c1.Cl.Cl. The second-order valence-corrected chi connectivity index (χ2v) is 13.7. The van der Waals surface area contributed by atoms with Gasteiger partial charge in [-0.25, -0.2) is 0 Å². The Labute approximate surface area is 301 Å². The first kappa shape index (κ1) is 37.2. The highest BCUT2D eigenvalue weighted by molar-refractivity contribution is 5.85. The standard InChI is InChI=1S/C43H49N3.2ClH/c1-29-10-8-13-43(18-29)46(28-36-11-9-12-38(23-36)39-19-30(2)34(6)31(3)20-39)42-14-16-45(17-15-42)27-37-24-41(26-44-25-37)40-21-32(4)35(7)33(5)22-40;;/h8-13,18-26,42H,14-17,27-28H2,1-7H3;2*1H. The molecule has 0 unspecified atom stereocenters. The Hall–Kier alpha value is -3.63. The number of aryl methyl sites for hydroxylation is 5. The van der Waals surface area contributed by atoms with Gasteiger partial charge in [0, 0.05) is 55.9 Å². The zero-order chi connectivity index (χ0) is 32.4. The molecule has 1 saturated heterocycles. The van der Waals surface area contributed by atoms with Crippen LogP contribution < -0.4 is 4.90 Å². The lowest BCUT2D eigenvalue weighted by molar-refractivity contribution is 0.200. The Kier molecular flexibility index (Phi) is 12.5. The summed E-state index contributed by atoms with van der Waals surface area (Å²) in [5, 5.41) is 0. The predicted octanol–water partition coefficient (Wildman–Crippen LogP) is 11.1. The van der Waals surface area contributed by atoms with E-state index in [0.717, 1.165) is 39.0 Å². The van der Waals surface area contributed by atoms with Crippen molar-refractivity contribution in [1.82, 2.24) is 9.88 Å². The molecule has 5 heteroatoms. The van der Waals surface area contributed by atoms with Crippen LogP contribution in [-0.4, -0.2) is 29.0 Å². The van der Waals surface area contributed by atoms with Crippen LogP contribution in [0.1, 0.15) is 62.9 Å². The number of likely N-dealkylation sites (tertiary alicyclic amines) is 1. The van der Waals surface area contributed by atoms with E-state index in [0.29, 0.717) is 6.04 Å². The summed E-state index contributed by atoms with van der Waals surface area (Å²) in [6.45, 7) is 19.5. The zero-order valence-corrected chi connectivity index (χ0v) is 31.3. The molecule has 6 rings (SSSR count). The van der Waals surface area contributed by atoms with Crippen molar-refractivity contribution < 1.29 is 0 Å². The molecule has 1 aromatic heterocycles. The molecule has 5 aromatic rings. The van der Waals surface area contributed by atoms with Crippen LogP contribution >= 0.6 is 24.8 Å². The second-order valence-electron chi connectivity index (χ2n) is 13.7. The summed E-state index contributed by atoms with van der Waals surface area (Å²) in [4.78, 5) is 9.93. The quantitative estimate of drug-likeness (QED) is 0.163. The Balaban J connectivity index is 0.00000260. The molecule has 252 valence electrons. The summed E-state index contributed by atoms with van der Waals surface area (Å²) in [7, 11) is 0. The summed E-state index contributed by atoms with van der Waals surface area (Å²) < 4.78 is 0. The van der Waals surface area contributed by atoms with Crippen molar-refractivity contribution >= 4 is 30.5 Å². The largest absolute Gasteiger partial charge is 0.364 e. The minimum Gasteiger partial charge on any atom is -0.364 e. The van der Waals surface area contributed by atoms with Crippen molar-refractivity contribution in [2.75, 3.05) is 18.0 Å². The normalized spacial score (nSPS) is 13.5. The van der Waals surface area contributed by atoms with Gasteiger partial charge in [0.1, 0.15) is 0 Å². The number of hydrogen-bond donors (Lipinski definition) is 0. The number of aromatic nitrogens is 1. The number of rotatable bonds is 8. The Morgan fingerprint density at radius 2 is 1.17 bits per heavy atom. The number of hydrogen-bond acceptors (Lipinski definition) is 3. The molecule has 0 radical (unpaired) electrons. The summed E-state index contributed by atoms with van der Waals surface area (Å²) in [6, 6.07) is 30.3. The van der Waals surface area contributed by atoms with Gasteiger partial charge in [0.05, 0.1) is 0 Å². The summed E-state index contributed by atoms with van der Waals surface area (Å²) in [6.07, 6.45) is 6.35. The van der Waals surface area contributed by atoms with Gasteiger partial charge in [0.15, 0.2) is 0 Å². The minimum absolute atomic E-state index is 0. The van der Waals surface area contributed by atoms with Crippen LogP contribution in [0.5, 0.6) is 0 Å². The van der Waals surface area contributed by atoms with Crippen LogP contribution in [0.4, 0.5) is 5.69 Å². The van der Waals surface area contributed by atoms with Crippen LogP contribution in [0.25, 0.3) is 22.3 Å². The molecule has 4 aromatic carbocycles. The summed E-state index contributed by atoms with van der Waals surface area (Å²) in [5.74, 6) is 0. The molecule has 1 aliphatic heterocycles. The molecule has 0 N–H and O–H groups in total. The highest BCUT2D eigenvalue weighted by Crippen LogP contribution is 2.31. The molecule has 2 heterocycles. The van der Waals surface area contributed by atoms with Gasteiger partial charge in [-0.05, 0) is 152 Å². The van der Waals surface area contributed by atoms with Crippen LogP contribution in [0, 0.1) is 48.5 Å². The fraction of sp³-hybridized carbons (Fsp3) is 0.326. The summed E-state index contributed by atoms with van der Waals surface area (Å²) in [5.41, 5.74) is 18.5. The lowest BCUT2D eigenvalue weighted by Gasteiger charge is -2.40. The molecule has 0 atom stereocenters. The smallest absolute Gasteiger partial charge is 0.0432 e. The molecule has 0 saturated carbocycles. The van der Waals surface area contributed by atoms with Gasteiger partial charge in [0.2, 0.25) is 0 Å². The van der Waals surface area contributed by atoms with Gasteiger partial charge >= 0.3 is 0 Å². The first-order valence-electron chi connectivity index (χ1n) is 16.9. The highest BCUT2D eigenvalue weighted by atomic mass is 35.5. The van der Waals surface area contributed by atoms with Crippen molar-refractivity contribution in [1.29, 1.82) is 0 Å². The number of pyridine rings is 1. The molecule has 48 heavy (non-hydrogen) atoms. The molecule has 0 bridgehead atoms. The molecule has 0 aliphatic carbocycles. The topological polar surface area (TPSA) is 19.4 Å². The Bertz CT molecular complexity index is 1810. The van der Waals surface area contributed by atoms with Crippen LogP contribution in [0.2, 0.25) is 0 Å². The highest BCUT2D eigenvalue weighted by Gasteiger charge is 2.26. The van der Waals surface area contributed by atoms with E-state index in [4.69, 9.17) is 0 Å². The van der Waals surface area contributed by atoms with E-state index in [-0.39, 0.29) is 24.8 Å². The van der Waals surface area contributed by atoms with Crippen molar-refractivity contribution in [3.8, 4) is 22.3 Å². The minimum atomic E-state index is 0. The molecule has 1 aliphatic rings. The maximum absolute atomic E-state index is 4.65. The van der Waals surface area contributed by atoms with Gasteiger partial charge in [0.25, 0.3) is 0 Å². The van der Waals surface area contributed by atoms with E-state index < -0.39 is 0 Å². The van der Waals surface area contributed by atoms with Crippen LogP contribution in [0.3, 0.4) is 0 Å². The Morgan fingerprint density at radius 3 is 1.77 bits per heavy atom. The molecule has 0 spiro atoms. The second kappa shape index (κ2) is 16.2. The first-order chi connectivity index (χ1) is 22.1. The van der Waals surface area contributed by atoms with Crippen LogP contribution in [-0.2, 0) is 13.1 Å². The lowest BCUT2D eigenvalue weighted by Crippen LogP contribution is -2.44. The van der Waals surface area contributed by atoms with Gasteiger partial charge in [-0.1, -0.05) is 54.6 Å². The van der Waals surface area contributed by atoms with E-state index in [1.54, 1.807) is 0 Å². The van der Waals surface area contributed by atoms with Crippen molar-refractivity contribution in [2.24, 2.45) is 0 Å². The molecular weight excluding hydrogens is 629 g/mol. The summed E-state index contributed by atoms with van der Waals surface area (Å²) >= 11 is 0. The van der Waals surface area contributed by atoms with Gasteiger partial charge in [-0.3, -0.25) is 9.88 Å². The fourth-order valence-corrected chi connectivity index (χ4v) is 7.07. The van der Waals surface area contributed by atoms with Crippen molar-refractivity contribution in [2.45, 2.75) is 80.4 Å². The third-order valence-corrected chi connectivity index (χ3v) is 10.3. The maximum Gasteiger partial charge on any atom is 0.0432 e. The van der Waals surface area contributed by atoms with E-state index in [1.165, 1.54) is 78.0 Å². The zero-order valence-electron chi connectivity index (χ0n) is 29.6. The van der Waals surface area contributed by atoms with Gasteiger partial charge in [-0.2, -0.15) is 0 Å². The molecule has 0 amide bonds. The number of benzene rings is 4. The van der Waals surface area contributed by atoms with Crippen molar-refractivity contribution in [3.05, 3.63) is 141 Å². The maximum atomic E-state index is 4.65. The monoisotopic (exact) mass is 679 g/mol. The Morgan fingerprint density at radius 1 is 0.604 bits per heavy atom. The van der Waals surface area contributed by atoms with Crippen molar-refractivity contribution in [3.63, 3.8) is 0 Å². The third-order valence-electron chi connectivity index (χ3n) is 10.3. The van der Waals surface area contributed by atoms with Gasteiger partial charge < -0.3 is 4.90 Å². The average Bonchev–Trinajstić information content (AvgIpc) is 3.05. The first-order valence-corrected chi connectivity index (χ1v) is 16.9. The molecular formula is C43H51Cl2N3. The number of anilines is 1. The molecule has 1 fully saturated rings. The molecule has 3 nitrogen and oxygen atoms in total. The van der Waals surface area contributed by atoms with E-state index >= 15 is 0 Å². The van der Waals surface area contributed by atoms with Gasteiger partial charge in [-0.15, -0.1) is 24.8 Å². The number of nitrogens with zero attached hydrogens (tertiary/aromatic N) is 3. The lowest BCUT2D eigenvalue weighted by atomic mass is 9.95. The van der Waals surface area contributed by atoms with Crippen LogP contribution in [0.15, 0.2) is 91.3 Å². The van der Waals surface area contributed by atoms with E-state index in [2.05, 4.69) is 142 Å². The third kappa shape index (κ3) is 8.50. The average molecular weight is 681 g/mol. The number of piperidine rings is 1. The predicted molar refractivity (Wildman–Crippen MR) is 210 cm³/mol.